The van der Waals surface area contributed by atoms with Gasteiger partial charge < -0.3 is 14.5 Å². The number of thiophene rings is 1. The van der Waals surface area contributed by atoms with E-state index < -0.39 is 5.97 Å². The molecule has 6 nitrogen and oxygen atoms in total. The van der Waals surface area contributed by atoms with Crippen molar-refractivity contribution >= 4 is 39.1 Å². The lowest BCUT2D eigenvalue weighted by molar-refractivity contribution is -0.147. The zero-order valence-corrected chi connectivity index (χ0v) is 15.3. The number of fused-ring (bicyclic) bond motifs is 3. The first-order valence-corrected chi connectivity index (χ1v) is 9.37. The largest absolute Gasteiger partial charge is 0.480 e. The minimum absolute atomic E-state index is 0.113. The summed E-state index contributed by atoms with van der Waals surface area (Å²) in [5.74, 6) is 0.169. The third-order valence-corrected chi connectivity index (χ3v) is 5.67. The number of H-pyrrole nitrogens is 1. The smallest absolute Gasteiger partial charge is 0.344 e. The predicted octanol–water partition coefficient (Wildman–Crippen LogP) is 3.25. The molecule has 1 aliphatic rings. The van der Waals surface area contributed by atoms with Gasteiger partial charge in [0.2, 0.25) is 0 Å². The van der Waals surface area contributed by atoms with Gasteiger partial charge in [0.1, 0.15) is 23.0 Å². The maximum absolute atomic E-state index is 12.3. The van der Waals surface area contributed by atoms with Crippen LogP contribution in [0.15, 0.2) is 29.1 Å². The molecule has 0 fully saturated rings. The van der Waals surface area contributed by atoms with Gasteiger partial charge in [-0.3, -0.25) is 4.79 Å². The standard InChI is InChI=1S/C18H15ClN2O4S/c19-11-5-1-2-6-12(11)24-9-15(22)25-8-14-20-17(23)16-10-4-3-7-13(10)26-18(16)21-14/h1-2,5-6H,3-4,7-9H2,(H,20,21,23). The molecule has 0 bridgehead atoms. The van der Waals surface area contributed by atoms with Gasteiger partial charge in [0.05, 0.1) is 10.4 Å². The van der Waals surface area contributed by atoms with Crippen molar-refractivity contribution in [2.75, 3.05) is 6.61 Å². The van der Waals surface area contributed by atoms with Gasteiger partial charge in [-0.15, -0.1) is 11.3 Å². The van der Waals surface area contributed by atoms with Crippen LogP contribution in [0.4, 0.5) is 0 Å². The van der Waals surface area contributed by atoms with Gasteiger partial charge in [0.15, 0.2) is 6.61 Å². The molecule has 0 spiro atoms. The SMILES string of the molecule is O=C(COc1ccccc1Cl)OCc1nc2sc3c(c2c(=O)[nH]1)CCC3. The topological polar surface area (TPSA) is 81.3 Å². The van der Waals surface area contributed by atoms with Gasteiger partial charge in [-0.1, -0.05) is 23.7 Å². The molecule has 2 aromatic heterocycles. The van der Waals surface area contributed by atoms with Crippen LogP contribution >= 0.6 is 22.9 Å². The molecule has 1 aliphatic carbocycles. The highest BCUT2D eigenvalue weighted by atomic mass is 35.5. The van der Waals surface area contributed by atoms with Crippen LogP contribution in [-0.4, -0.2) is 22.5 Å². The Balaban J connectivity index is 1.41. The summed E-state index contributed by atoms with van der Waals surface area (Å²) in [6, 6.07) is 6.87. The summed E-state index contributed by atoms with van der Waals surface area (Å²) in [7, 11) is 0. The molecule has 0 aliphatic heterocycles. The highest BCUT2D eigenvalue weighted by Crippen LogP contribution is 2.34. The zero-order chi connectivity index (χ0) is 18.1. The quantitative estimate of drug-likeness (QED) is 0.676. The second-order valence-electron chi connectivity index (χ2n) is 5.93. The predicted molar refractivity (Wildman–Crippen MR) is 99.0 cm³/mol. The van der Waals surface area contributed by atoms with Crippen molar-refractivity contribution in [2.45, 2.75) is 25.9 Å². The molecule has 0 saturated heterocycles. The van der Waals surface area contributed by atoms with Gasteiger partial charge in [-0.25, -0.2) is 9.78 Å². The summed E-state index contributed by atoms with van der Waals surface area (Å²) >= 11 is 7.51. The minimum atomic E-state index is -0.568. The van der Waals surface area contributed by atoms with E-state index in [1.165, 1.54) is 4.88 Å². The van der Waals surface area contributed by atoms with Crippen LogP contribution in [-0.2, 0) is 29.0 Å². The Morgan fingerprint density at radius 1 is 1.31 bits per heavy atom. The third-order valence-electron chi connectivity index (χ3n) is 4.18. The number of halogens is 1. The molecule has 134 valence electrons. The Morgan fingerprint density at radius 2 is 2.15 bits per heavy atom. The van der Waals surface area contributed by atoms with Crippen LogP contribution < -0.4 is 10.3 Å². The average molecular weight is 391 g/mol. The Kier molecular flexibility index (Phi) is 4.65. The molecule has 0 amide bonds. The third kappa shape index (κ3) is 3.32. The highest BCUT2D eigenvalue weighted by Gasteiger charge is 2.21. The lowest BCUT2D eigenvalue weighted by Gasteiger charge is -2.08. The van der Waals surface area contributed by atoms with Crippen molar-refractivity contribution in [3.05, 3.63) is 55.9 Å². The van der Waals surface area contributed by atoms with E-state index in [1.807, 2.05) is 0 Å². The minimum Gasteiger partial charge on any atom is -0.480 e. The van der Waals surface area contributed by atoms with E-state index in [4.69, 9.17) is 21.1 Å². The molecule has 8 heteroatoms. The Bertz CT molecular complexity index is 1040. The number of aromatic amines is 1. The number of nitrogens with one attached hydrogen (secondary N) is 1. The number of esters is 1. The van der Waals surface area contributed by atoms with E-state index in [0.717, 1.165) is 24.8 Å². The zero-order valence-electron chi connectivity index (χ0n) is 13.7. The molecule has 0 unspecified atom stereocenters. The van der Waals surface area contributed by atoms with Crippen LogP contribution in [0, 0.1) is 0 Å². The van der Waals surface area contributed by atoms with Crippen molar-refractivity contribution in [1.29, 1.82) is 0 Å². The maximum Gasteiger partial charge on any atom is 0.344 e. The summed E-state index contributed by atoms with van der Waals surface area (Å²) in [5.41, 5.74) is 0.947. The number of carbonyl (C=O) groups is 1. The molecule has 3 aromatic rings. The second kappa shape index (κ2) is 7.09. The summed E-state index contributed by atoms with van der Waals surface area (Å²) < 4.78 is 10.5. The van der Waals surface area contributed by atoms with Crippen LogP contribution in [0.1, 0.15) is 22.7 Å². The van der Waals surface area contributed by atoms with E-state index in [2.05, 4.69) is 9.97 Å². The summed E-state index contributed by atoms with van der Waals surface area (Å²) in [6.07, 6.45) is 3.01. The normalized spacial score (nSPS) is 13.0. The van der Waals surface area contributed by atoms with E-state index in [9.17, 15) is 9.59 Å². The first-order chi connectivity index (χ1) is 12.6. The number of aromatic nitrogens is 2. The monoisotopic (exact) mass is 390 g/mol. The lowest BCUT2D eigenvalue weighted by Crippen LogP contribution is -2.18. The molecule has 0 atom stereocenters. The van der Waals surface area contributed by atoms with Gasteiger partial charge in [-0.2, -0.15) is 0 Å². The van der Waals surface area contributed by atoms with Crippen molar-refractivity contribution in [1.82, 2.24) is 9.97 Å². The number of nitrogens with zero attached hydrogens (tertiary/aromatic N) is 1. The second-order valence-corrected chi connectivity index (χ2v) is 7.42. The number of ether oxygens (including phenoxy) is 2. The van der Waals surface area contributed by atoms with Gasteiger partial charge in [0.25, 0.3) is 5.56 Å². The molecular weight excluding hydrogens is 376 g/mol. The first-order valence-electron chi connectivity index (χ1n) is 8.18. The first kappa shape index (κ1) is 17.1. The Hall–Kier alpha value is -2.38. The number of carbonyl (C=O) groups excluding carboxylic acids is 1. The number of hydrogen-bond acceptors (Lipinski definition) is 6. The van der Waals surface area contributed by atoms with Gasteiger partial charge in [0, 0.05) is 4.88 Å². The molecule has 2 heterocycles. The Morgan fingerprint density at radius 3 is 3.00 bits per heavy atom. The van der Waals surface area contributed by atoms with E-state index in [0.29, 0.717) is 26.8 Å². The average Bonchev–Trinajstić information content (AvgIpc) is 3.19. The molecule has 26 heavy (non-hydrogen) atoms. The summed E-state index contributed by atoms with van der Waals surface area (Å²) in [5, 5.41) is 1.10. The highest BCUT2D eigenvalue weighted by molar-refractivity contribution is 7.18. The maximum atomic E-state index is 12.3. The number of para-hydroxylation sites is 1. The van der Waals surface area contributed by atoms with Crippen molar-refractivity contribution < 1.29 is 14.3 Å². The van der Waals surface area contributed by atoms with Crippen LogP contribution in [0.2, 0.25) is 5.02 Å². The Labute approximate surface area is 157 Å². The fourth-order valence-electron chi connectivity index (χ4n) is 3.00. The fraction of sp³-hybridized carbons (Fsp3) is 0.278. The van der Waals surface area contributed by atoms with E-state index in [1.54, 1.807) is 35.6 Å². The van der Waals surface area contributed by atoms with Gasteiger partial charge in [-0.05, 0) is 37.0 Å². The van der Waals surface area contributed by atoms with Crippen LogP contribution in [0.5, 0.6) is 5.75 Å². The molecule has 1 aromatic carbocycles. The lowest BCUT2D eigenvalue weighted by atomic mass is 10.2. The summed E-state index contributed by atoms with van der Waals surface area (Å²) in [6.45, 7) is -0.387. The molecule has 4 rings (SSSR count). The molecule has 0 saturated carbocycles. The number of rotatable bonds is 5. The van der Waals surface area contributed by atoms with Crippen LogP contribution in [0.3, 0.4) is 0 Å². The van der Waals surface area contributed by atoms with Gasteiger partial charge >= 0.3 is 5.97 Å². The van der Waals surface area contributed by atoms with Crippen molar-refractivity contribution in [3.63, 3.8) is 0 Å². The number of aryl methyl sites for hydroxylation is 2. The van der Waals surface area contributed by atoms with E-state index >= 15 is 0 Å². The molecular formula is C18H15ClN2O4S. The van der Waals surface area contributed by atoms with Crippen LogP contribution in [0.25, 0.3) is 10.2 Å². The number of hydrogen-bond donors (Lipinski definition) is 1. The fourth-order valence-corrected chi connectivity index (χ4v) is 4.48. The summed E-state index contributed by atoms with van der Waals surface area (Å²) in [4.78, 5) is 33.3. The molecule has 0 radical (unpaired) electrons. The number of benzene rings is 1. The van der Waals surface area contributed by atoms with Crippen molar-refractivity contribution in [2.24, 2.45) is 0 Å². The molecule has 1 N–H and O–H groups in total. The van der Waals surface area contributed by atoms with Crippen molar-refractivity contribution in [3.8, 4) is 5.75 Å². The van der Waals surface area contributed by atoms with E-state index in [-0.39, 0.29) is 18.8 Å².